The minimum Gasteiger partial charge on any atom is -0.359 e. The van der Waals surface area contributed by atoms with E-state index >= 15 is 0 Å². The Hall–Kier alpha value is -2.94. The van der Waals surface area contributed by atoms with Crippen molar-refractivity contribution in [3.63, 3.8) is 0 Å². The molecule has 1 heterocycles. The number of nitro groups is 1. The summed E-state index contributed by atoms with van der Waals surface area (Å²) in [6.45, 7) is 1.87. The zero-order valence-electron chi connectivity index (χ0n) is 11.1. The summed E-state index contributed by atoms with van der Waals surface area (Å²) < 4.78 is 4.96. The summed E-state index contributed by atoms with van der Waals surface area (Å²) in [6, 6.07) is 5.78. The van der Waals surface area contributed by atoms with Crippen LogP contribution >= 0.6 is 0 Å². The van der Waals surface area contributed by atoms with Gasteiger partial charge in [-0.15, -0.1) is 0 Å². The van der Waals surface area contributed by atoms with Gasteiger partial charge in [-0.2, -0.15) is 0 Å². The van der Waals surface area contributed by atoms with Crippen molar-refractivity contribution in [2.45, 2.75) is 13.5 Å². The number of para-hydroxylation sites is 1. The van der Waals surface area contributed by atoms with E-state index in [0.717, 1.165) is 0 Å². The number of carbonyl (C=O) groups excluding carboxylic acids is 1. The fraction of sp³-hybridized carbons (Fsp3) is 0.167. The second-order valence-electron chi connectivity index (χ2n) is 4.22. The number of carbonyl (C=O) groups is 1. The summed E-state index contributed by atoms with van der Waals surface area (Å²) >= 11 is 0. The molecule has 4 N–H and O–H groups in total. The molecule has 9 heteroatoms. The van der Waals surface area contributed by atoms with Crippen molar-refractivity contribution in [3.05, 3.63) is 51.4 Å². The van der Waals surface area contributed by atoms with Crippen molar-refractivity contribution in [3.8, 4) is 0 Å². The highest BCUT2D eigenvalue weighted by Crippen LogP contribution is 2.27. The molecule has 1 aromatic carbocycles. The molecule has 0 unspecified atom stereocenters. The molecule has 0 aliphatic rings. The largest absolute Gasteiger partial charge is 0.359 e. The van der Waals surface area contributed by atoms with Crippen LogP contribution in [0.1, 0.15) is 21.8 Å². The molecule has 0 atom stereocenters. The SMILES string of the molecule is Cc1cc(CNC(=O)c2cccc([N+](=O)[O-])c2NN)on1. The van der Waals surface area contributed by atoms with Crippen molar-refractivity contribution in [2.75, 3.05) is 5.43 Å². The van der Waals surface area contributed by atoms with Crippen molar-refractivity contribution in [1.82, 2.24) is 10.5 Å². The summed E-state index contributed by atoms with van der Waals surface area (Å²) in [5.74, 6) is 5.24. The van der Waals surface area contributed by atoms with Gasteiger partial charge in [-0.25, -0.2) is 0 Å². The van der Waals surface area contributed by atoms with Crippen molar-refractivity contribution < 1.29 is 14.2 Å². The lowest BCUT2D eigenvalue weighted by Gasteiger charge is -2.09. The van der Waals surface area contributed by atoms with E-state index in [9.17, 15) is 14.9 Å². The molecule has 2 rings (SSSR count). The topological polar surface area (TPSA) is 136 Å². The van der Waals surface area contributed by atoms with Crippen LogP contribution in [0.2, 0.25) is 0 Å². The van der Waals surface area contributed by atoms with E-state index in [1.54, 1.807) is 13.0 Å². The first-order valence-electron chi connectivity index (χ1n) is 5.97. The second kappa shape index (κ2) is 6.01. The fourth-order valence-corrected chi connectivity index (χ4v) is 1.80. The maximum atomic E-state index is 12.1. The predicted molar refractivity (Wildman–Crippen MR) is 73.3 cm³/mol. The fourth-order valence-electron chi connectivity index (χ4n) is 1.80. The number of aromatic nitrogens is 1. The normalized spacial score (nSPS) is 10.2. The quantitative estimate of drug-likeness (QED) is 0.426. The van der Waals surface area contributed by atoms with Crippen LogP contribution in [0.4, 0.5) is 11.4 Å². The number of hydrogen-bond acceptors (Lipinski definition) is 7. The first kappa shape index (κ1) is 14.5. The van der Waals surface area contributed by atoms with Gasteiger partial charge in [0, 0.05) is 12.1 Å². The van der Waals surface area contributed by atoms with E-state index < -0.39 is 10.8 Å². The molecule has 110 valence electrons. The number of amides is 1. The zero-order chi connectivity index (χ0) is 15.4. The van der Waals surface area contributed by atoms with Gasteiger partial charge in [0.05, 0.1) is 22.7 Å². The Morgan fingerprint density at radius 2 is 2.29 bits per heavy atom. The number of nitrogen functional groups attached to an aromatic ring is 1. The molecule has 0 saturated heterocycles. The molecule has 0 aliphatic heterocycles. The lowest BCUT2D eigenvalue weighted by Crippen LogP contribution is -2.25. The monoisotopic (exact) mass is 291 g/mol. The van der Waals surface area contributed by atoms with Crippen LogP contribution in [-0.2, 0) is 6.54 Å². The van der Waals surface area contributed by atoms with Crippen LogP contribution in [0.5, 0.6) is 0 Å². The number of benzene rings is 1. The summed E-state index contributed by atoms with van der Waals surface area (Å²) in [5, 5.41) is 17.2. The molecular formula is C12H13N5O4. The Balaban J connectivity index is 2.19. The number of anilines is 1. The van der Waals surface area contributed by atoms with Gasteiger partial charge in [0.1, 0.15) is 5.69 Å². The number of nitro benzene ring substituents is 1. The third kappa shape index (κ3) is 3.15. The number of nitrogens with one attached hydrogen (secondary N) is 2. The van der Waals surface area contributed by atoms with Crippen molar-refractivity contribution in [2.24, 2.45) is 5.84 Å². The number of hydrazine groups is 1. The van der Waals surface area contributed by atoms with Crippen LogP contribution in [-0.4, -0.2) is 16.0 Å². The Morgan fingerprint density at radius 1 is 1.52 bits per heavy atom. The van der Waals surface area contributed by atoms with E-state index in [-0.39, 0.29) is 23.5 Å². The van der Waals surface area contributed by atoms with Crippen LogP contribution < -0.4 is 16.6 Å². The number of rotatable bonds is 5. The van der Waals surface area contributed by atoms with E-state index in [1.807, 2.05) is 0 Å². The van der Waals surface area contributed by atoms with Crippen molar-refractivity contribution >= 4 is 17.3 Å². The maximum Gasteiger partial charge on any atom is 0.294 e. The summed E-state index contributed by atoms with van der Waals surface area (Å²) in [4.78, 5) is 22.4. The third-order valence-corrected chi connectivity index (χ3v) is 2.73. The van der Waals surface area contributed by atoms with E-state index in [4.69, 9.17) is 10.4 Å². The average Bonchev–Trinajstić information content (AvgIpc) is 2.89. The van der Waals surface area contributed by atoms with Gasteiger partial charge >= 0.3 is 0 Å². The van der Waals surface area contributed by atoms with Crippen LogP contribution in [0.25, 0.3) is 0 Å². The molecular weight excluding hydrogens is 278 g/mol. The maximum absolute atomic E-state index is 12.1. The molecule has 9 nitrogen and oxygen atoms in total. The zero-order valence-corrected chi connectivity index (χ0v) is 11.1. The Labute approximate surface area is 119 Å². The third-order valence-electron chi connectivity index (χ3n) is 2.73. The lowest BCUT2D eigenvalue weighted by molar-refractivity contribution is -0.384. The molecule has 1 aromatic heterocycles. The molecule has 0 radical (unpaired) electrons. The molecule has 0 fully saturated rings. The first-order chi connectivity index (χ1) is 10.0. The van der Waals surface area contributed by atoms with Gasteiger partial charge in [-0.05, 0) is 13.0 Å². The lowest BCUT2D eigenvalue weighted by atomic mass is 10.1. The van der Waals surface area contributed by atoms with Gasteiger partial charge in [-0.3, -0.25) is 20.8 Å². The molecule has 0 spiro atoms. The van der Waals surface area contributed by atoms with E-state index in [2.05, 4.69) is 15.9 Å². The van der Waals surface area contributed by atoms with Gasteiger partial charge in [0.2, 0.25) is 0 Å². The van der Waals surface area contributed by atoms with Crippen LogP contribution in [0, 0.1) is 17.0 Å². The Kier molecular flexibility index (Phi) is 4.14. The molecule has 21 heavy (non-hydrogen) atoms. The highest BCUT2D eigenvalue weighted by Gasteiger charge is 2.20. The number of nitrogens with two attached hydrogens (primary N) is 1. The number of aryl methyl sites for hydroxylation is 1. The van der Waals surface area contributed by atoms with Gasteiger partial charge in [-0.1, -0.05) is 11.2 Å². The summed E-state index contributed by atoms with van der Waals surface area (Å²) in [7, 11) is 0. The number of hydrogen-bond donors (Lipinski definition) is 3. The van der Waals surface area contributed by atoms with Gasteiger partial charge in [0.15, 0.2) is 5.76 Å². The second-order valence-corrected chi connectivity index (χ2v) is 4.22. The standard InChI is InChI=1S/C12H13N5O4/c1-7-5-8(21-16-7)6-14-12(18)9-3-2-4-10(17(19)20)11(9)15-13/h2-5,15H,6,13H2,1H3,(H,14,18). The minimum atomic E-state index is -0.619. The first-order valence-corrected chi connectivity index (χ1v) is 5.97. The molecule has 2 aromatic rings. The Bertz CT molecular complexity index is 682. The van der Waals surface area contributed by atoms with E-state index in [0.29, 0.717) is 11.5 Å². The number of nitrogens with zero attached hydrogens (tertiary/aromatic N) is 2. The molecule has 0 aliphatic carbocycles. The summed E-state index contributed by atoms with van der Waals surface area (Å²) in [5.41, 5.74) is 2.63. The van der Waals surface area contributed by atoms with Crippen LogP contribution in [0.15, 0.2) is 28.8 Å². The Morgan fingerprint density at radius 3 is 2.86 bits per heavy atom. The molecule has 0 saturated carbocycles. The van der Waals surface area contributed by atoms with Crippen LogP contribution in [0.3, 0.4) is 0 Å². The predicted octanol–water partition coefficient (Wildman–Crippen LogP) is 1.11. The summed E-state index contributed by atoms with van der Waals surface area (Å²) in [6.07, 6.45) is 0. The van der Waals surface area contributed by atoms with Gasteiger partial charge in [0.25, 0.3) is 11.6 Å². The molecule has 0 bridgehead atoms. The highest BCUT2D eigenvalue weighted by molar-refractivity contribution is 6.01. The smallest absolute Gasteiger partial charge is 0.294 e. The molecule has 1 amide bonds. The average molecular weight is 291 g/mol. The minimum absolute atomic E-state index is 0.0475. The van der Waals surface area contributed by atoms with Crippen molar-refractivity contribution in [1.29, 1.82) is 0 Å². The highest BCUT2D eigenvalue weighted by atomic mass is 16.6. The van der Waals surface area contributed by atoms with E-state index in [1.165, 1.54) is 18.2 Å². The van der Waals surface area contributed by atoms with Gasteiger partial charge < -0.3 is 15.3 Å².